The summed E-state index contributed by atoms with van der Waals surface area (Å²) in [6, 6.07) is 0. The van der Waals surface area contributed by atoms with Crippen molar-refractivity contribution in [3.63, 3.8) is 0 Å². The third-order valence-electron chi connectivity index (χ3n) is 7.48. The maximum atomic E-state index is 12.0. The molecule has 2 amide bonds. The Hall–Kier alpha value is -2.60. The maximum Gasteiger partial charge on any atom is 0.414 e. The fraction of sp³-hybridized carbons (Fsp3) is 0.857. The van der Waals surface area contributed by atoms with E-state index < -0.39 is 23.1 Å². The van der Waals surface area contributed by atoms with E-state index in [1.165, 1.54) is 25.7 Å². The molecule has 2 spiro atoms. The highest BCUT2D eigenvalue weighted by Crippen LogP contribution is 2.37. The number of ether oxygens (including phenoxy) is 2. The van der Waals surface area contributed by atoms with Gasteiger partial charge in [0.1, 0.15) is 11.2 Å². The molecule has 0 bridgehead atoms. The smallest absolute Gasteiger partial charge is 0.414 e. The van der Waals surface area contributed by atoms with Gasteiger partial charge in [0.15, 0.2) is 0 Å². The summed E-state index contributed by atoms with van der Waals surface area (Å²) in [5.74, 6) is -3.65. The van der Waals surface area contributed by atoms with Gasteiger partial charge < -0.3 is 40.1 Å². The second-order valence-electron chi connectivity index (χ2n) is 13.5. The van der Waals surface area contributed by atoms with Crippen LogP contribution in [0.3, 0.4) is 0 Å². The minimum Gasteiger partial charge on any atom is -0.473 e. The number of carbonyl (C=O) groups is 4. The molecule has 4 N–H and O–H groups in total. The highest BCUT2D eigenvalue weighted by molar-refractivity contribution is 6.27. The summed E-state index contributed by atoms with van der Waals surface area (Å²) in [5.41, 5.74) is -0.153. The normalized spacial score (nSPS) is 26.4. The third kappa shape index (κ3) is 11.1. The van der Waals surface area contributed by atoms with E-state index in [0.717, 1.165) is 65.2 Å². The third-order valence-corrected chi connectivity index (χ3v) is 7.48. The molecule has 4 rings (SSSR count). The molecule has 4 aliphatic heterocycles. The lowest BCUT2D eigenvalue weighted by molar-refractivity contribution is -0.159. The summed E-state index contributed by atoms with van der Waals surface area (Å²) in [7, 11) is 0. The summed E-state index contributed by atoms with van der Waals surface area (Å²) in [6.07, 6.45) is 6.83. The Morgan fingerprint density at radius 2 is 1.00 bits per heavy atom. The molecule has 12 heteroatoms. The van der Waals surface area contributed by atoms with Gasteiger partial charge in [0, 0.05) is 50.1 Å². The van der Waals surface area contributed by atoms with Crippen molar-refractivity contribution in [2.45, 2.75) is 91.3 Å². The van der Waals surface area contributed by atoms with Crippen LogP contribution in [0.4, 0.5) is 9.59 Å². The van der Waals surface area contributed by atoms with Crippen LogP contribution in [0.15, 0.2) is 0 Å². The van der Waals surface area contributed by atoms with Crippen molar-refractivity contribution in [3.05, 3.63) is 0 Å². The quantitative estimate of drug-likeness (QED) is 0.319. The number of nitrogens with one attached hydrogen (secondary N) is 2. The lowest BCUT2D eigenvalue weighted by atomic mass is 9.80. The molecule has 4 aliphatic rings. The largest absolute Gasteiger partial charge is 0.473 e. The van der Waals surface area contributed by atoms with E-state index >= 15 is 0 Å². The number of carboxylic acid groups (broad SMARTS) is 2. The van der Waals surface area contributed by atoms with Crippen molar-refractivity contribution >= 4 is 24.1 Å². The highest BCUT2D eigenvalue weighted by Gasteiger charge is 2.42. The summed E-state index contributed by atoms with van der Waals surface area (Å²) in [5, 5.41) is 21.7. The Bertz CT molecular complexity index is 812. The maximum absolute atomic E-state index is 12.0. The number of amides is 2. The molecule has 0 radical (unpaired) electrons. The molecule has 12 nitrogen and oxygen atoms in total. The van der Waals surface area contributed by atoms with Gasteiger partial charge in [-0.3, -0.25) is 0 Å². The Labute approximate surface area is 238 Å². The molecule has 2 atom stereocenters. The van der Waals surface area contributed by atoms with E-state index in [4.69, 9.17) is 29.3 Å². The first kappa shape index (κ1) is 33.6. The Kier molecular flexibility index (Phi) is 11.6. The predicted octanol–water partition coefficient (Wildman–Crippen LogP) is 3.15. The van der Waals surface area contributed by atoms with Crippen LogP contribution in [0.5, 0.6) is 0 Å². The number of aliphatic carboxylic acids is 2. The van der Waals surface area contributed by atoms with E-state index in [1.807, 2.05) is 51.3 Å². The highest BCUT2D eigenvalue weighted by atomic mass is 16.6. The number of nitrogens with zero attached hydrogens (tertiary/aromatic N) is 2. The fourth-order valence-electron chi connectivity index (χ4n) is 5.59. The molecule has 0 saturated carbocycles. The van der Waals surface area contributed by atoms with E-state index in [9.17, 15) is 9.59 Å². The first-order valence-corrected chi connectivity index (χ1v) is 14.3. The predicted molar refractivity (Wildman–Crippen MR) is 149 cm³/mol. The Morgan fingerprint density at radius 3 is 1.25 bits per heavy atom. The molecule has 230 valence electrons. The molecule has 0 aromatic heterocycles. The molecule has 0 aromatic carbocycles. The number of carboxylic acids is 2. The molecule has 4 saturated heterocycles. The number of likely N-dealkylation sites (tertiary alicyclic amines) is 2. The van der Waals surface area contributed by atoms with Gasteiger partial charge in [0.2, 0.25) is 0 Å². The number of rotatable bonds is 0. The Morgan fingerprint density at radius 1 is 0.650 bits per heavy atom. The SMILES string of the molecule is CC(C)(C)OC(=O)N1CCC2(CCCNC2)C1.CC(C)(C)OC(=O)N1CCC2(CCCNC2)C1.O=C(O)C(=O)O. The lowest BCUT2D eigenvalue weighted by Gasteiger charge is -2.34. The summed E-state index contributed by atoms with van der Waals surface area (Å²) in [6.45, 7) is 19.2. The number of hydrogen-bond donors (Lipinski definition) is 4. The standard InChI is InChI=1S/2C13H24N2O2.C2H2O4/c2*1-12(2,3)17-11(16)15-8-6-13(10-15)5-4-7-14-9-13;3-1(4)2(5)6/h2*14H,4-10H2,1-3H3;(H,3,4)(H,5,6). The van der Waals surface area contributed by atoms with Crippen LogP contribution in [0, 0.1) is 10.8 Å². The van der Waals surface area contributed by atoms with Crippen molar-refractivity contribution < 1.29 is 38.9 Å². The molecular weight excluding hydrogens is 520 g/mol. The molecule has 0 aliphatic carbocycles. The van der Waals surface area contributed by atoms with E-state index in [2.05, 4.69) is 10.6 Å². The average Bonchev–Trinajstić information content (AvgIpc) is 3.44. The zero-order valence-electron chi connectivity index (χ0n) is 25.1. The molecule has 4 heterocycles. The van der Waals surface area contributed by atoms with Gasteiger partial charge in [-0.2, -0.15) is 0 Å². The zero-order valence-corrected chi connectivity index (χ0v) is 25.1. The molecular formula is C28H50N4O8. The van der Waals surface area contributed by atoms with Gasteiger partial charge in [-0.25, -0.2) is 19.2 Å². The summed E-state index contributed by atoms with van der Waals surface area (Å²) in [4.78, 5) is 45.9. The lowest BCUT2D eigenvalue weighted by Crippen LogP contribution is -2.43. The summed E-state index contributed by atoms with van der Waals surface area (Å²) >= 11 is 0. The van der Waals surface area contributed by atoms with Crippen molar-refractivity contribution in [3.8, 4) is 0 Å². The van der Waals surface area contributed by atoms with Gasteiger partial charge in [-0.15, -0.1) is 0 Å². The van der Waals surface area contributed by atoms with Gasteiger partial charge in [0.05, 0.1) is 0 Å². The first-order chi connectivity index (χ1) is 18.4. The van der Waals surface area contributed by atoms with Crippen molar-refractivity contribution in [2.75, 3.05) is 52.4 Å². The van der Waals surface area contributed by atoms with Crippen LogP contribution in [0.1, 0.15) is 80.1 Å². The number of hydrogen-bond acceptors (Lipinski definition) is 8. The zero-order chi connectivity index (χ0) is 30.2. The fourth-order valence-corrected chi connectivity index (χ4v) is 5.59. The molecule has 2 unspecified atom stereocenters. The van der Waals surface area contributed by atoms with Crippen LogP contribution in [-0.4, -0.2) is 108 Å². The van der Waals surface area contributed by atoms with Crippen LogP contribution in [0.2, 0.25) is 0 Å². The molecule has 4 fully saturated rings. The second-order valence-corrected chi connectivity index (χ2v) is 13.5. The average molecular weight is 571 g/mol. The van der Waals surface area contributed by atoms with Crippen LogP contribution in [-0.2, 0) is 19.1 Å². The van der Waals surface area contributed by atoms with Crippen LogP contribution < -0.4 is 10.6 Å². The van der Waals surface area contributed by atoms with E-state index in [1.54, 1.807) is 0 Å². The van der Waals surface area contributed by atoms with E-state index in [-0.39, 0.29) is 12.2 Å². The monoisotopic (exact) mass is 570 g/mol. The number of piperidine rings is 2. The van der Waals surface area contributed by atoms with Crippen LogP contribution >= 0.6 is 0 Å². The second kappa shape index (κ2) is 13.8. The summed E-state index contributed by atoms with van der Waals surface area (Å²) < 4.78 is 10.8. The minimum atomic E-state index is -1.82. The van der Waals surface area contributed by atoms with E-state index in [0.29, 0.717) is 10.8 Å². The topological polar surface area (TPSA) is 158 Å². The van der Waals surface area contributed by atoms with Crippen molar-refractivity contribution in [1.82, 2.24) is 20.4 Å². The molecule has 40 heavy (non-hydrogen) atoms. The molecule has 0 aromatic rings. The van der Waals surface area contributed by atoms with Gasteiger partial charge in [-0.1, -0.05) is 0 Å². The van der Waals surface area contributed by atoms with Crippen molar-refractivity contribution in [1.29, 1.82) is 0 Å². The van der Waals surface area contributed by atoms with Gasteiger partial charge in [0.25, 0.3) is 0 Å². The first-order valence-electron chi connectivity index (χ1n) is 14.3. The Balaban J connectivity index is 0.000000234. The minimum absolute atomic E-state index is 0.153. The van der Waals surface area contributed by atoms with Gasteiger partial charge in [-0.05, 0) is 93.2 Å². The van der Waals surface area contributed by atoms with Gasteiger partial charge >= 0.3 is 24.1 Å². The number of carbonyl (C=O) groups excluding carboxylic acids is 2. The van der Waals surface area contributed by atoms with Crippen molar-refractivity contribution in [2.24, 2.45) is 10.8 Å². The van der Waals surface area contributed by atoms with Crippen LogP contribution in [0.25, 0.3) is 0 Å².